The van der Waals surface area contributed by atoms with Crippen LogP contribution in [0.2, 0.25) is 0 Å². The van der Waals surface area contributed by atoms with Crippen LogP contribution in [0.15, 0.2) is 39.7 Å². The summed E-state index contributed by atoms with van der Waals surface area (Å²) >= 11 is 0. The standard InChI is InChI=1S/C18H16FN3O5.C2H6/c1-9-3-4-12(11(19)7-9)20-16-14(17(25)21-13(24)8-23)15-10(5-6-27-15)18(26)22(16)2;1-2/h3-7,20,23H,8H2,1-2H3,(H,21,24,25);1-2H3. The molecule has 0 saturated heterocycles. The molecular weight excluding hydrogens is 381 g/mol. The number of pyridine rings is 1. The Labute approximate surface area is 165 Å². The van der Waals surface area contributed by atoms with E-state index in [4.69, 9.17) is 9.52 Å². The Morgan fingerprint density at radius 3 is 2.55 bits per heavy atom. The molecule has 0 fully saturated rings. The summed E-state index contributed by atoms with van der Waals surface area (Å²) in [5.74, 6) is -2.48. The Balaban J connectivity index is 0.00000145. The normalized spacial score (nSPS) is 10.3. The van der Waals surface area contributed by atoms with E-state index in [2.05, 4.69) is 5.32 Å². The average molecular weight is 403 g/mol. The number of fused-ring (bicyclic) bond motifs is 1. The Kier molecular flexibility index (Phi) is 6.89. The molecule has 9 heteroatoms. The van der Waals surface area contributed by atoms with Crippen molar-refractivity contribution in [3.8, 4) is 0 Å². The molecule has 154 valence electrons. The third kappa shape index (κ3) is 4.35. The molecular formula is C20H22FN3O5. The number of nitrogens with one attached hydrogen (secondary N) is 2. The minimum absolute atomic E-state index is 0.0315. The van der Waals surface area contributed by atoms with Gasteiger partial charge in [-0.25, -0.2) is 4.39 Å². The minimum atomic E-state index is -0.930. The maximum absolute atomic E-state index is 14.3. The molecule has 0 spiro atoms. The molecule has 1 aromatic carbocycles. The summed E-state index contributed by atoms with van der Waals surface area (Å²) in [5.41, 5.74) is 0.0259. The van der Waals surface area contributed by atoms with E-state index in [0.29, 0.717) is 5.56 Å². The number of benzene rings is 1. The third-order valence-electron chi connectivity index (χ3n) is 4.00. The fourth-order valence-corrected chi connectivity index (χ4v) is 2.66. The fraction of sp³-hybridized carbons (Fsp3) is 0.250. The van der Waals surface area contributed by atoms with Crippen molar-refractivity contribution in [3.05, 3.63) is 57.8 Å². The van der Waals surface area contributed by atoms with Gasteiger partial charge in [0.15, 0.2) is 5.58 Å². The molecule has 2 heterocycles. The van der Waals surface area contributed by atoms with Crippen molar-refractivity contribution in [2.75, 3.05) is 11.9 Å². The van der Waals surface area contributed by atoms with Crippen molar-refractivity contribution in [1.29, 1.82) is 0 Å². The quantitative estimate of drug-likeness (QED) is 0.617. The second-order valence-electron chi connectivity index (χ2n) is 5.89. The molecule has 8 nitrogen and oxygen atoms in total. The maximum atomic E-state index is 14.3. The number of anilines is 2. The van der Waals surface area contributed by atoms with E-state index < -0.39 is 29.8 Å². The summed E-state index contributed by atoms with van der Waals surface area (Å²) in [6.07, 6.45) is 1.23. The van der Waals surface area contributed by atoms with Crippen molar-refractivity contribution in [1.82, 2.24) is 9.88 Å². The van der Waals surface area contributed by atoms with Gasteiger partial charge in [0.25, 0.3) is 17.4 Å². The van der Waals surface area contributed by atoms with E-state index in [0.717, 1.165) is 4.57 Å². The molecule has 3 rings (SSSR count). The van der Waals surface area contributed by atoms with Gasteiger partial charge in [0.1, 0.15) is 23.8 Å². The van der Waals surface area contributed by atoms with Gasteiger partial charge < -0.3 is 14.8 Å². The van der Waals surface area contributed by atoms with E-state index in [9.17, 15) is 18.8 Å². The van der Waals surface area contributed by atoms with Gasteiger partial charge in [0, 0.05) is 7.05 Å². The van der Waals surface area contributed by atoms with Gasteiger partial charge in [0.05, 0.1) is 17.3 Å². The van der Waals surface area contributed by atoms with Gasteiger partial charge in [-0.3, -0.25) is 24.3 Å². The van der Waals surface area contributed by atoms with Gasteiger partial charge >= 0.3 is 0 Å². The monoisotopic (exact) mass is 403 g/mol. The number of imide groups is 1. The summed E-state index contributed by atoms with van der Waals surface area (Å²) in [6.45, 7) is 4.82. The van der Waals surface area contributed by atoms with Crippen molar-refractivity contribution >= 4 is 34.3 Å². The van der Waals surface area contributed by atoms with Crippen LogP contribution in [0.5, 0.6) is 0 Å². The van der Waals surface area contributed by atoms with Crippen LogP contribution in [0.1, 0.15) is 29.8 Å². The van der Waals surface area contributed by atoms with E-state index >= 15 is 0 Å². The van der Waals surface area contributed by atoms with E-state index in [1.165, 1.54) is 31.5 Å². The maximum Gasteiger partial charge on any atom is 0.265 e. The molecule has 0 radical (unpaired) electrons. The van der Waals surface area contributed by atoms with Crippen molar-refractivity contribution in [2.45, 2.75) is 20.8 Å². The summed E-state index contributed by atoms with van der Waals surface area (Å²) in [6, 6.07) is 5.80. The van der Waals surface area contributed by atoms with Crippen LogP contribution >= 0.6 is 0 Å². The van der Waals surface area contributed by atoms with E-state index in [-0.39, 0.29) is 28.0 Å². The van der Waals surface area contributed by atoms with Gasteiger partial charge in [-0.05, 0) is 30.7 Å². The average Bonchev–Trinajstić information content (AvgIpc) is 3.18. The highest BCUT2D eigenvalue weighted by atomic mass is 19.1. The largest absolute Gasteiger partial charge is 0.463 e. The van der Waals surface area contributed by atoms with Crippen molar-refractivity contribution < 1.29 is 23.5 Å². The number of rotatable bonds is 4. The van der Waals surface area contributed by atoms with Crippen molar-refractivity contribution in [2.24, 2.45) is 7.05 Å². The van der Waals surface area contributed by atoms with Crippen LogP contribution in [0, 0.1) is 12.7 Å². The van der Waals surface area contributed by atoms with Gasteiger partial charge in [0.2, 0.25) is 0 Å². The lowest BCUT2D eigenvalue weighted by Crippen LogP contribution is -2.34. The van der Waals surface area contributed by atoms with E-state index in [1.54, 1.807) is 13.0 Å². The van der Waals surface area contributed by atoms with Crippen LogP contribution in [0.25, 0.3) is 11.0 Å². The number of hydrogen-bond acceptors (Lipinski definition) is 6. The molecule has 0 saturated carbocycles. The first-order valence-electron chi connectivity index (χ1n) is 8.92. The summed E-state index contributed by atoms with van der Waals surface area (Å²) in [4.78, 5) is 36.5. The first kappa shape index (κ1) is 21.8. The summed E-state index contributed by atoms with van der Waals surface area (Å²) in [7, 11) is 1.40. The first-order chi connectivity index (χ1) is 13.8. The first-order valence-corrected chi connectivity index (χ1v) is 8.92. The smallest absolute Gasteiger partial charge is 0.265 e. The molecule has 2 amide bonds. The molecule has 0 aliphatic carbocycles. The van der Waals surface area contributed by atoms with Gasteiger partial charge in [-0.2, -0.15) is 0 Å². The predicted molar refractivity (Wildman–Crippen MR) is 107 cm³/mol. The highest BCUT2D eigenvalue weighted by Gasteiger charge is 2.25. The van der Waals surface area contributed by atoms with Crippen molar-refractivity contribution in [3.63, 3.8) is 0 Å². The lowest BCUT2D eigenvalue weighted by Gasteiger charge is -2.16. The Hall–Kier alpha value is -3.46. The highest BCUT2D eigenvalue weighted by Crippen LogP contribution is 2.28. The van der Waals surface area contributed by atoms with Gasteiger partial charge in [-0.1, -0.05) is 19.9 Å². The predicted octanol–water partition coefficient (Wildman–Crippen LogP) is 2.60. The molecule has 0 aliphatic rings. The molecule has 0 aliphatic heterocycles. The number of aryl methyl sites for hydroxylation is 1. The number of halogens is 1. The Morgan fingerprint density at radius 2 is 1.93 bits per heavy atom. The lowest BCUT2D eigenvalue weighted by molar-refractivity contribution is -0.122. The topological polar surface area (TPSA) is 114 Å². The molecule has 2 aromatic heterocycles. The fourth-order valence-electron chi connectivity index (χ4n) is 2.66. The van der Waals surface area contributed by atoms with Crippen LogP contribution in [0.3, 0.4) is 0 Å². The van der Waals surface area contributed by atoms with Crippen LogP contribution in [-0.2, 0) is 11.8 Å². The SMILES string of the molecule is CC.Cc1ccc(Nc2c(C(=O)NC(=O)CO)c3occc3c(=O)n2C)c(F)c1. The van der Waals surface area contributed by atoms with Crippen LogP contribution in [0.4, 0.5) is 15.9 Å². The molecule has 3 aromatic rings. The van der Waals surface area contributed by atoms with Crippen LogP contribution in [-0.4, -0.2) is 28.1 Å². The zero-order valence-corrected chi connectivity index (χ0v) is 16.5. The number of hydrogen-bond donors (Lipinski definition) is 3. The number of furan rings is 1. The number of nitrogens with zero attached hydrogens (tertiary/aromatic N) is 1. The van der Waals surface area contributed by atoms with Crippen LogP contribution < -0.4 is 16.2 Å². The minimum Gasteiger partial charge on any atom is -0.463 e. The summed E-state index contributed by atoms with van der Waals surface area (Å²) in [5, 5.41) is 13.7. The lowest BCUT2D eigenvalue weighted by atomic mass is 10.1. The number of aliphatic hydroxyl groups is 1. The zero-order chi connectivity index (χ0) is 21.7. The zero-order valence-electron chi connectivity index (χ0n) is 16.5. The molecule has 3 N–H and O–H groups in total. The second-order valence-corrected chi connectivity index (χ2v) is 5.89. The Morgan fingerprint density at radius 1 is 1.24 bits per heavy atom. The number of carbonyl (C=O) groups excluding carboxylic acids is 2. The number of carbonyl (C=O) groups is 2. The second kappa shape index (κ2) is 9.16. The summed E-state index contributed by atoms with van der Waals surface area (Å²) < 4.78 is 20.6. The van der Waals surface area contributed by atoms with Gasteiger partial charge in [-0.15, -0.1) is 0 Å². The molecule has 29 heavy (non-hydrogen) atoms. The highest BCUT2D eigenvalue weighted by molar-refractivity contribution is 6.14. The number of aliphatic hydroxyl groups excluding tert-OH is 1. The number of amides is 2. The molecule has 0 unspecified atom stereocenters. The molecule has 0 bridgehead atoms. The third-order valence-corrected chi connectivity index (χ3v) is 4.00. The number of aromatic nitrogens is 1. The molecule has 0 atom stereocenters. The Bertz CT molecular complexity index is 1120. The van der Waals surface area contributed by atoms with E-state index in [1.807, 2.05) is 19.2 Å².